The van der Waals surface area contributed by atoms with Gasteiger partial charge in [0.2, 0.25) is 0 Å². The Morgan fingerprint density at radius 1 is 0.662 bits per heavy atom. The van der Waals surface area contributed by atoms with Crippen LogP contribution in [0.4, 0.5) is 0 Å². The molecule has 0 radical (unpaired) electrons. The van der Waals surface area contributed by atoms with Gasteiger partial charge in [-0.2, -0.15) is 0 Å². The summed E-state index contributed by atoms with van der Waals surface area (Å²) in [6, 6.07) is 55.8. The molecule has 320 valence electrons. The van der Waals surface area contributed by atoms with E-state index in [0.717, 1.165) is 39.5 Å². The Bertz CT molecular complexity index is 3240. The fraction of sp³-hybridized carbons (Fsp3) is 0.226. The third-order valence-electron chi connectivity index (χ3n) is 15.8. The predicted octanol–water partition coefficient (Wildman–Crippen LogP) is 15.8. The first-order valence-electron chi connectivity index (χ1n) is 23.9. The van der Waals surface area contributed by atoms with Crippen LogP contribution >= 0.6 is 0 Å². The van der Waals surface area contributed by atoms with E-state index in [0.29, 0.717) is 11.6 Å². The lowest BCUT2D eigenvalue weighted by Gasteiger charge is -2.36. The summed E-state index contributed by atoms with van der Waals surface area (Å²) in [6.45, 7) is 7.12. The van der Waals surface area contributed by atoms with Crippen molar-refractivity contribution in [1.29, 1.82) is 0 Å². The monoisotopic (exact) mass is 844 g/mol. The Balaban J connectivity index is 0.902. The number of fused-ring (bicyclic) bond motifs is 11. The zero-order valence-corrected chi connectivity index (χ0v) is 37.7. The second kappa shape index (κ2) is 15.5. The molecule has 1 heterocycles. The van der Waals surface area contributed by atoms with Crippen LogP contribution in [0.25, 0.3) is 61.0 Å². The SMILES string of the molecule is CC(NC(/C=C(\N)c1ccc2c(c1)oc1ccccc12)c1cccc(-c2ccc(-c3cccc4c3-c3cc5c(cc3C43CCCCC3)C3CC=CC=C3C5(C)C)cc2)c1)c1ccccc1. The van der Waals surface area contributed by atoms with Crippen molar-refractivity contribution in [2.45, 2.75) is 88.1 Å². The maximum absolute atomic E-state index is 7.01. The molecular formula is C62H56N2O. The van der Waals surface area contributed by atoms with Crippen molar-refractivity contribution in [2.75, 3.05) is 0 Å². The van der Waals surface area contributed by atoms with Gasteiger partial charge in [0.05, 0.1) is 6.04 Å². The quantitative estimate of drug-likeness (QED) is 0.160. The number of allylic oxidation sites excluding steroid dienone is 4. The largest absolute Gasteiger partial charge is 0.456 e. The highest BCUT2D eigenvalue weighted by Gasteiger charge is 2.48. The van der Waals surface area contributed by atoms with Gasteiger partial charge in [-0.25, -0.2) is 0 Å². The van der Waals surface area contributed by atoms with E-state index in [-0.39, 0.29) is 22.9 Å². The number of nitrogens with one attached hydrogen (secondary N) is 1. The van der Waals surface area contributed by atoms with Crippen molar-refractivity contribution < 1.29 is 4.42 Å². The normalized spacial score (nSPS) is 18.8. The van der Waals surface area contributed by atoms with E-state index < -0.39 is 0 Å². The smallest absolute Gasteiger partial charge is 0.136 e. The fourth-order valence-corrected chi connectivity index (χ4v) is 12.4. The van der Waals surface area contributed by atoms with Crippen molar-refractivity contribution in [3.05, 3.63) is 220 Å². The topological polar surface area (TPSA) is 51.2 Å². The van der Waals surface area contributed by atoms with Crippen LogP contribution in [-0.4, -0.2) is 0 Å². The van der Waals surface area contributed by atoms with Crippen LogP contribution in [-0.2, 0) is 10.8 Å². The van der Waals surface area contributed by atoms with Crippen molar-refractivity contribution >= 4 is 27.6 Å². The van der Waals surface area contributed by atoms with Gasteiger partial charge in [0.25, 0.3) is 0 Å². The number of hydrogen-bond donors (Lipinski definition) is 2. The molecule has 3 nitrogen and oxygen atoms in total. The molecule has 1 fully saturated rings. The van der Waals surface area contributed by atoms with E-state index in [1.54, 1.807) is 22.3 Å². The average molecular weight is 845 g/mol. The van der Waals surface area contributed by atoms with Crippen molar-refractivity contribution in [1.82, 2.24) is 5.32 Å². The van der Waals surface area contributed by atoms with Gasteiger partial charge in [0.15, 0.2) is 0 Å². The zero-order valence-electron chi connectivity index (χ0n) is 37.7. The molecule has 3 unspecified atom stereocenters. The van der Waals surface area contributed by atoms with Gasteiger partial charge >= 0.3 is 0 Å². The van der Waals surface area contributed by atoms with Gasteiger partial charge in [0.1, 0.15) is 11.2 Å². The van der Waals surface area contributed by atoms with E-state index in [4.69, 9.17) is 10.2 Å². The van der Waals surface area contributed by atoms with Crippen molar-refractivity contribution in [3.8, 4) is 33.4 Å². The average Bonchev–Trinajstić information content (AvgIpc) is 3.93. The zero-order chi connectivity index (χ0) is 43.9. The summed E-state index contributed by atoms with van der Waals surface area (Å²) in [4.78, 5) is 0. The number of furan rings is 1. The molecule has 4 aliphatic rings. The van der Waals surface area contributed by atoms with Gasteiger partial charge in [-0.15, -0.1) is 0 Å². The van der Waals surface area contributed by atoms with E-state index in [1.807, 2.05) is 12.1 Å². The number of nitrogens with two attached hydrogens (primary N) is 1. The highest BCUT2D eigenvalue weighted by Crippen LogP contribution is 2.62. The maximum Gasteiger partial charge on any atom is 0.136 e. The molecule has 0 saturated heterocycles. The minimum absolute atomic E-state index is 0.0206. The van der Waals surface area contributed by atoms with Crippen LogP contribution in [0.2, 0.25) is 0 Å². The molecule has 12 rings (SSSR count). The second-order valence-corrected chi connectivity index (χ2v) is 19.7. The molecule has 3 atom stereocenters. The molecule has 1 aromatic heterocycles. The summed E-state index contributed by atoms with van der Waals surface area (Å²) in [5.74, 6) is 0.496. The first-order chi connectivity index (χ1) is 31.8. The third-order valence-corrected chi connectivity index (χ3v) is 15.8. The molecular weight excluding hydrogens is 789 g/mol. The molecule has 0 amide bonds. The number of rotatable bonds is 8. The molecule has 0 aliphatic heterocycles. The van der Waals surface area contributed by atoms with E-state index >= 15 is 0 Å². The molecule has 3 N–H and O–H groups in total. The van der Waals surface area contributed by atoms with Crippen LogP contribution in [0.1, 0.15) is 116 Å². The summed E-state index contributed by atoms with van der Waals surface area (Å²) in [5.41, 5.74) is 28.6. The fourth-order valence-electron chi connectivity index (χ4n) is 12.4. The van der Waals surface area contributed by atoms with Gasteiger partial charge in [-0.3, -0.25) is 0 Å². The predicted molar refractivity (Wildman–Crippen MR) is 271 cm³/mol. The van der Waals surface area contributed by atoms with Gasteiger partial charge in [-0.1, -0.05) is 178 Å². The number of hydrogen-bond acceptors (Lipinski definition) is 3. The summed E-state index contributed by atoms with van der Waals surface area (Å²) < 4.78 is 6.26. The van der Waals surface area contributed by atoms with Crippen LogP contribution < -0.4 is 11.1 Å². The molecule has 4 aliphatic carbocycles. The molecule has 7 aromatic carbocycles. The van der Waals surface area contributed by atoms with Crippen LogP contribution in [0.3, 0.4) is 0 Å². The van der Waals surface area contributed by atoms with E-state index in [2.05, 4.69) is 190 Å². The first-order valence-corrected chi connectivity index (χ1v) is 23.9. The first kappa shape index (κ1) is 39.9. The Kier molecular flexibility index (Phi) is 9.51. The van der Waals surface area contributed by atoms with E-state index in [1.165, 1.54) is 76.6 Å². The summed E-state index contributed by atoms with van der Waals surface area (Å²) >= 11 is 0. The number of benzene rings is 7. The summed E-state index contributed by atoms with van der Waals surface area (Å²) in [6.07, 6.45) is 16.7. The van der Waals surface area contributed by atoms with E-state index in [9.17, 15) is 0 Å². The lowest BCUT2D eigenvalue weighted by molar-refractivity contribution is 0.352. The lowest BCUT2D eigenvalue weighted by atomic mass is 9.67. The Labute approximate surface area is 383 Å². The summed E-state index contributed by atoms with van der Waals surface area (Å²) in [5, 5.41) is 6.13. The molecule has 0 bridgehead atoms. The minimum Gasteiger partial charge on any atom is -0.456 e. The molecule has 65 heavy (non-hydrogen) atoms. The Morgan fingerprint density at radius 2 is 1.42 bits per heavy atom. The molecule has 1 spiro atoms. The highest BCUT2D eigenvalue weighted by atomic mass is 16.3. The van der Waals surface area contributed by atoms with Gasteiger partial charge in [0, 0.05) is 44.8 Å². The van der Waals surface area contributed by atoms with Crippen LogP contribution in [0.5, 0.6) is 0 Å². The third kappa shape index (κ3) is 6.50. The van der Waals surface area contributed by atoms with Crippen molar-refractivity contribution in [3.63, 3.8) is 0 Å². The van der Waals surface area contributed by atoms with Gasteiger partial charge < -0.3 is 15.5 Å². The number of para-hydroxylation sites is 1. The second-order valence-electron chi connectivity index (χ2n) is 19.7. The Morgan fingerprint density at radius 3 is 2.26 bits per heavy atom. The standard InChI is InChI=1S/C62H56N2O/c1-39(40-16-6-4-7-17-40)64-57(38-56(63)44-30-31-49-48-21-9-11-25-58(48)65-59(49)35-44)45-19-14-18-43(34-45)41-26-28-42(29-27-41)46-22-15-24-53-60(46)51-37-54-50(36-55(51)62(53)32-12-5-13-33-62)47-20-8-10-23-52(47)61(54,2)3/h4,6-11,14-19,21-31,34-39,47,57,64H,5,12-13,20,32-33,63H2,1-3H3/b56-38-. The van der Waals surface area contributed by atoms with Gasteiger partial charge in [-0.05, 0) is 129 Å². The van der Waals surface area contributed by atoms with Crippen molar-refractivity contribution in [2.24, 2.45) is 5.73 Å². The molecule has 8 aromatic rings. The molecule has 3 heteroatoms. The highest BCUT2D eigenvalue weighted by molar-refractivity contribution is 6.05. The maximum atomic E-state index is 7.01. The summed E-state index contributed by atoms with van der Waals surface area (Å²) in [7, 11) is 0. The minimum atomic E-state index is -0.155. The Hall–Kier alpha value is -6.68. The lowest BCUT2D eigenvalue weighted by Crippen LogP contribution is -2.28. The molecule has 1 saturated carbocycles. The van der Waals surface area contributed by atoms with Crippen LogP contribution in [0.15, 0.2) is 186 Å². The van der Waals surface area contributed by atoms with Crippen LogP contribution in [0, 0.1) is 0 Å².